The van der Waals surface area contributed by atoms with Crippen LogP contribution >= 0.6 is 0 Å². The quantitative estimate of drug-likeness (QED) is 0.896. The number of pyridine rings is 1. The number of ether oxygens (including phenoxy) is 1. The average molecular weight is 275 g/mol. The van der Waals surface area contributed by atoms with E-state index in [1.165, 1.54) is 0 Å². The first kappa shape index (κ1) is 12.9. The summed E-state index contributed by atoms with van der Waals surface area (Å²) >= 11 is 0. The zero-order valence-electron chi connectivity index (χ0n) is 11.5. The Morgan fingerprint density at radius 3 is 3.05 bits per heavy atom. The molecule has 6 nitrogen and oxygen atoms in total. The van der Waals surface area contributed by atoms with Crippen LogP contribution in [0, 0.1) is 0 Å². The molecule has 6 heteroatoms. The number of fused-ring (bicyclic) bond motifs is 1. The second-order valence-electron chi connectivity index (χ2n) is 5.35. The molecule has 1 aliphatic heterocycles. The zero-order valence-corrected chi connectivity index (χ0v) is 11.5. The van der Waals surface area contributed by atoms with E-state index in [4.69, 9.17) is 4.74 Å². The lowest BCUT2D eigenvalue weighted by molar-refractivity contribution is 0.0689. The second-order valence-corrected chi connectivity index (χ2v) is 5.35. The molecule has 0 amide bonds. The number of hydrogen-bond donors (Lipinski definition) is 2. The van der Waals surface area contributed by atoms with Crippen molar-refractivity contribution in [2.45, 2.75) is 31.9 Å². The number of nitrogens with one attached hydrogen (secondary N) is 1. The van der Waals surface area contributed by atoms with E-state index < -0.39 is 5.97 Å². The maximum absolute atomic E-state index is 11.5. The van der Waals surface area contributed by atoms with Crippen molar-refractivity contribution in [1.29, 1.82) is 0 Å². The second kappa shape index (κ2) is 4.49. The molecule has 106 valence electrons. The van der Waals surface area contributed by atoms with Crippen LogP contribution in [0.4, 0.5) is 5.82 Å². The first-order valence-corrected chi connectivity index (χ1v) is 6.61. The highest BCUT2D eigenvalue weighted by molar-refractivity contribution is 5.93. The molecule has 1 aliphatic rings. The summed E-state index contributed by atoms with van der Waals surface area (Å²) in [5.41, 5.74) is 0.464. The molecule has 0 radical (unpaired) electrons. The third-order valence-electron chi connectivity index (χ3n) is 4.02. The smallest absolute Gasteiger partial charge is 0.356 e. The normalized spacial score (nSPS) is 26.0. The predicted molar refractivity (Wildman–Crippen MR) is 74.2 cm³/mol. The molecule has 3 heterocycles. The fraction of sp³-hybridized carbons (Fsp3) is 0.429. The molecule has 2 aromatic heterocycles. The van der Waals surface area contributed by atoms with Gasteiger partial charge in [-0.25, -0.2) is 9.78 Å². The monoisotopic (exact) mass is 275 g/mol. The van der Waals surface area contributed by atoms with Crippen LogP contribution in [0.1, 0.15) is 30.8 Å². The molecule has 0 spiro atoms. The Kier molecular flexibility index (Phi) is 2.90. The van der Waals surface area contributed by atoms with Gasteiger partial charge in [-0.15, -0.1) is 0 Å². The van der Waals surface area contributed by atoms with Crippen LogP contribution in [-0.4, -0.2) is 38.7 Å². The van der Waals surface area contributed by atoms with Crippen molar-refractivity contribution in [3.05, 3.63) is 30.1 Å². The van der Waals surface area contributed by atoms with Crippen molar-refractivity contribution in [2.24, 2.45) is 0 Å². The van der Waals surface area contributed by atoms with Crippen LogP contribution in [0.2, 0.25) is 0 Å². The predicted octanol–water partition coefficient (Wildman–Crippen LogP) is 2.01. The lowest BCUT2D eigenvalue weighted by Gasteiger charge is -2.29. The first-order valence-electron chi connectivity index (χ1n) is 6.61. The van der Waals surface area contributed by atoms with Gasteiger partial charge in [-0.2, -0.15) is 0 Å². The minimum atomic E-state index is -0.999. The van der Waals surface area contributed by atoms with Gasteiger partial charge in [0.15, 0.2) is 11.5 Å². The third-order valence-corrected chi connectivity index (χ3v) is 4.02. The molecule has 20 heavy (non-hydrogen) atoms. The van der Waals surface area contributed by atoms with Gasteiger partial charge in [0.05, 0.1) is 11.6 Å². The molecule has 1 fully saturated rings. The Balaban J connectivity index is 2.07. The molecule has 0 aliphatic carbocycles. The summed E-state index contributed by atoms with van der Waals surface area (Å²) in [5.74, 6) is -0.607. The molecular weight excluding hydrogens is 258 g/mol. The van der Waals surface area contributed by atoms with Crippen molar-refractivity contribution in [3.63, 3.8) is 0 Å². The van der Waals surface area contributed by atoms with Gasteiger partial charge in [-0.05, 0) is 32.4 Å². The Labute approximate surface area is 116 Å². The Hall–Kier alpha value is -2.08. The maximum Gasteiger partial charge on any atom is 0.356 e. The van der Waals surface area contributed by atoms with Gasteiger partial charge in [0.1, 0.15) is 5.65 Å². The molecule has 0 aromatic carbocycles. The molecule has 1 saturated heterocycles. The minimum absolute atomic E-state index is 0.00829. The van der Waals surface area contributed by atoms with E-state index >= 15 is 0 Å². The van der Waals surface area contributed by atoms with Gasteiger partial charge in [0.2, 0.25) is 0 Å². The van der Waals surface area contributed by atoms with E-state index in [1.807, 2.05) is 19.9 Å². The third kappa shape index (κ3) is 1.92. The Bertz CT molecular complexity index is 667. The zero-order chi connectivity index (χ0) is 14.3. The number of anilines is 1. The van der Waals surface area contributed by atoms with Crippen molar-refractivity contribution in [3.8, 4) is 0 Å². The lowest BCUT2D eigenvalue weighted by Crippen LogP contribution is -2.41. The van der Waals surface area contributed by atoms with Crippen molar-refractivity contribution in [1.82, 2.24) is 9.38 Å². The summed E-state index contributed by atoms with van der Waals surface area (Å²) in [6.07, 6.45) is 2.53. The van der Waals surface area contributed by atoms with Gasteiger partial charge < -0.3 is 15.2 Å². The number of aromatic carboxylic acids is 1. The number of imidazole rings is 1. The highest BCUT2D eigenvalue weighted by Gasteiger charge is 2.38. The molecule has 3 rings (SSSR count). The molecule has 2 unspecified atom stereocenters. The minimum Gasteiger partial charge on any atom is -0.476 e. The molecule has 2 N–H and O–H groups in total. The van der Waals surface area contributed by atoms with E-state index in [9.17, 15) is 9.90 Å². The number of carboxylic acid groups (broad SMARTS) is 1. The molecule has 2 aromatic rings. The molecule has 0 saturated carbocycles. The van der Waals surface area contributed by atoms with Gasteiger partial charge in [0.25, 0.3) is 0 Å². The highest BCUT2D eigenvalue weighted by atomic mass is 16.5. The van der Waals surface area contributed by atoms with E-state index in [2.05, 4.69) is 10.3 Å². The lowest BCUT2D eigenvalue weighted by atomic mass is 9.94. The summed E-state index contributed by atoms with van der Waals surface area (Å²) in [4.78, 5) is 15.9. The number of rotatable bonds is 3. The first-order chi connectivity index (χ1) is 9.51. The van der Waals surface area contributed by atoms with Crippen LogP contribution < -0.4 is 5.32 Å². The average Bonchev–Trinajstić information content (AvgIpc) is 2.90. The maximum atomic E-state index is 11.5. The van der Waals surface area contributed by atoms with Crippen LogP contribution in [-0.2, 0) is 4.74 Å². The molecule has 2 atom stereocenters. The fourth-order valence-electron chi connectivity index (χ4n) is 2.56. The van der Waals surface area contributed by atoms with E-state index in [0.717, 1.165) is 6.42 Å². The van der Waals surface area contributed by atoms with Gasteiger partial charge in [0, 0.05) is 12.8 Å². The van der Waals surface area contributed by atoms with Crippen LogP contribution in [0.5, 0.6) is 0 Å². The number of aromatic nitrogens is 2. The van der Waals surface area contributed by atoms with Crippen molar-refractivity contribution < 1.29 is 14.6 Å². The van der Waals surface area contributed by atoms with Gasteiger partial charge in [-0.3, -0.25) is 4.40 Å². The summed E-state index contributed by atoms with van der Waals surface area (Å²) in [6, 6.07) is 5.41. The van der Waals surface area contributed by atoms with E-state index in [1.54, 1.807) is 22.7 Å². The van der Waals surface area contributed by atoms with Crippen LogP contribution in [0.15, 0.2) is 24.4 Å². The topological polar surface area (TPSA) is 75.9 Å². The van der Waals surface area contributed by atoms with Crippen LogP contribution in [0.25, 0.3) is 5.65 Å². The van der Waals surface area contributed by atoms with E-state index in [-0.39, 0.29) is 17.3 Å². The van der Waals surface area contributed by atoms with Gasteiger partial charge >= 0.3 is 5.97 Å². The standard InChI is InChI=1S/C14H17N3O3/c1-9-14(2,6-8-20-9)16-12-11(13(18)19)17-7-4-3-5-10(17)15-12/h3-5,7,9,16H,6,8H2,1-2H3,(H,18,19). The van der Waals surface area contributed by atoms with Crippen LogP contribution in [0.3, 0.4) is 0 Å². The number of carboxylic acids is 1. The Morgan fingerprint density at radius 1 is 1.60 bits per heavy atom. The summed E-state index contributed by atoms with van der Waals surface area (Å²) in [7, 11) is 0. The largest absolute Gasteiger partial charge is 0.476 e. The highest BCUT2D eigenvalue weighted by Crippen LogP contribution is 2.31. The number of carbonyl (C=O) groups is 1. The Morgan fingerprint density at radius 2 is 2.40 bits per heavy atom. The van der Waals surface area contributed by atoms with Crippen molar-refractivity contribution in [2.75, 3.05) is 11.9 Å². The SMILES string of the molecule is CC1OCCC1(C)Nc1nc2ccccn2c1C(=O)O. The molecular formula is C14H17N3O3. The van der Waals surface area contributed by atoms with E-state index in [0.29, 0.717) is 18.1 Å². The summed E-state index contributed by atoms with van der Waals surface area (Å²) in [6.45, 7) is 4.68. The summed E-state index contributed by atoms with van der Waals surface area (Å²) in [5, 5.41) is 12.7. The number of nitrogens with zero attached hydrogens (tertiary/aromatic N) is 2. The number of hydrogen-bond acceptors (Lipinski definition) is 4. The summed E-state index contributed by atoms with van der Waals surface area (Å²) < 4.78 is 7.15. The van der Waals surface area contributed by atoms with Gasteiger partial charge in [-0.1, -0.05) is 6.07 Å². The fourth-order valence-corrected chi connectivity index (χ4v) is 2.56. The molecule has 0 bridgehead atoms. The van der Waals surface area contributed by atoms with Crippen molar-refractivity contribution >= 4 is 17.4 Å².